The molecular weight excluding hydrogens is 220 g/mol. The number of hydrogen-bond acceptors (Lipinski definition) is 2. The van der Waals surface area contributed by atoms with Gasteiger partial charge in [0.1, 0.15) is 6.04 Å². The quantitative estimate of drug-likeness (QED) is 0.789. The third-order valence-corrected chi connectivity index (χ3v) is 3.15. The molecule has 0 aromatic heterocycles. The van der Waals surface area contributed by atoms with E-state index in [9.17, 15) is 4.79 Å². The van der Waals surface area contributed by atoms with Crippen LogP contribution in [0.25, 0.3) is 0 Å². The van der Waals surface area contributed by atoms with Gasteiger partial charge >= 0.3 is 0 Å². The van der Waals surface area contributed by atoms with Crippen molar-refractivity contribution in [3.63, 3.8) is 0 Å². The summed E-state index contributed by atoms with van der Waals surface area (Å²) in [5.41, 5.74) is 2.31. The molecule has 1 aliphatic rings. The molecule has 1 fully saturated rings. The number of amides is 1. The van der Waals surface area contributed by atoms with Gasteiger partial charge in [-0.05, 0) is 37.2 Å². The number of hydrogen-bond donors (Lipinski definition) is 1. The van der Waals surface area contributed by atoms with Gasteiger partial charge in [0.2, 0.25) is 0 Å². The van der Waals surface area contributed by atoms with Crippen LogP contribution in [-0.2, 0) is 11.3 Å². The topological polar surface area (TPSA) is 32.3 Å². The number of thiocarbonyl (C=S) groups is 1. The van der Waals surface area contributed by atoms with Gasteiger partial charge in [-0.1, -0.05) is 24.3 Å². The maximum absolute atomic E-state index is 11.8. The largest absolute Gasteiger partial charge is 0.351 e. The molecule has 0 saturated carbocycles. The van der Waals surface area contributed by atoms with Crippen molar-refractivity contribution in [1.29, 1.82) is 0 Å². The summed E-state index contributed by atoms with van der Waals surface area (Å²) < 4.78 is 0. The number of benzene rings is 1. The molecule has 0 radical (unpaired) electrons. The second kappa shape index (κ2) is 4.22. The number of rotatable bonds is 2. The molecule has 1 saturated heterocycles. The molecule has 1 aliphatic heterocycles. The summed E-state index contributed by atoms with van der Waals surface area (Å²) in [5.74, 6) is 0.0493. The number of nitrogens with zero attached hydrogens (tertiary/aromatic N) is 1. The van der Waals surface area contributed by atoms with Crippen molar-refractivity contribution >= 4 is 23.2 Å². The molecule has 1 atom stereocenters. The highest BCUT2D eigenvalue weighted by molar-refractivity contribution is 7.80. The van der Waals surface area contributed by atoms with Crippen LogP contribution >= 0.6 is 12.2 Å². The van der Waals surface area contributed by atoms with E-state index in [1.54, 1.807) is 4.90 Å². The SMILES string of the molecule is Cc1ccccc1CN1C(=O)[C@H](C)NC1=S. The fraction of sp³-hybridized carbons (Fsp3) is 0.333. The maximum Gasteiger partial charge on any atom is 0.251 e. The lowest BCUT2D eigenvalue weighted by molar-refractivity contribution is -0.127. The van der Waals surface area contributed by atoms with Crippen LogP contribution in [0.4, 0.5) is 0 Å². The molecule has 0 unspecified atom stereocenters. The van der Waals surface area contributed by atoms with Crippen molar-refractivity contribution in [3.05, 3.63) is 35.4 Å². The summed E-state index contributed by atoms with van der Waals surface area (Å²) in [6.07, 6.45) is 0. The van der Waals surface area contributed by atoms with Gasteiger partial charge in [-0.15, -0.1) is 0 Å². The molecule has 4 heteroatoms. The van der Waals surface area contributed by atoms with E-state index in [0.29, 0.717) is 11.7 Å². The molecular formula is C12H14N2OS. The third-order valence-electron chi connectivity index (χ3n) is 2.81. The molecule has 1 amide bonds. The van der Waals surface area contributed by atoms with Gasteiger partial charge in [0, 0.05) is 0 Å². The Labute approximate surface area is 100 Å². The fourth-order valence-corrected chi connectivity index (χ4v) is 2.10. The summed E-state index contributed by atoms with van der Waals surface area (Å²) in [6, 6.07) is 7.83. The van der Waals surface area contributed by atoms with E-state index < -0.39 is 0 Å². The average Bonchev–Trinajstić information content (AvgIpc) is 2.48. The second-order valence-electron chi connectivity index (χ2n) is 4.02. The van der Waals surface area contributed by atoms with Gasteiger partial charge in [0.15, 0.2) is 5.11 Å². The second-order valence-corrected chi connectivity index (χ2v) is 4.41. The Morgan fingerprint density at radius 1 is 1.44 bits per heavy atom. The summed E-state index contributed by atoms with van der Waals surface area (Å²) in [6.45, 7) is 4.42. The summed E-state index contributed by atoms with van der Waals surface area (Å²) in [4.78, 5) is 13.4. The van der Waals surface area contributed by atoms with Gasteiger partial charge in [0.25, 0.3) is 5.91 Å². The zero-order chi connectivity index (χ0) is 11.7. The molecule has 1 aromatic rings. The summed E-state index contributed by atoms with van der Waals surface area (Å²) in [7, 11) is 0. The van der Waals surface area contributed by atoms with Gasteiger partial charge in [0.05, 0.1) is 6.54 Å². The first-order valence-corrected chi connectivity index (χ1v) is 5.67. The van der Waals surface area contributed by atoms with E-state index in [0.717, 1.165) is 5.56 Å². The number of aryl methyl sites for hydroxylation is 1. The molecule has 1 heterocycles. The van der Waals surface area contributed by atoms with E-state index in [1.165, 1.54) is 5.56 Å². The molecule has 1 aromatic carbocycles. The Hall–Kier alpha value is -1.42. The average molecular weight is 234 g/mol. The Morgan fingerprint density at radius 2 is 2.12 bits per heavy atom. The van der Waals surface area contributed by atoms with Gasteiger partial charge in [-0.25, -0.2) is 0 Å². The number of nitrogens with one attached hydrogen (secondary N) is 1. The highest BCUT2D eigenvalue weighted by atomic mass is 32.1. The first-order chi connectivity index (χ1) is 7.59. The van der Waals surface area contributed by atoms with Crippen LogP contribution in [-0.4, -0.2) is 22.0 Å². The van der Waals surface area contributed by atoms with Crippen LogP contribution in [0.15, 0.2) is 24.3 Å². The molecule has 0 aliphatic carbocycles. The zero-order valence-electron chi connectivity index (χ0n) is 9.36. The summed E-state index contributed by atoms with van der Waals surface area (Å²) >= 11 is 5.13. The van der Waals surface area contributed by atoms with Crippen molar-refractivity contribution in [2.45, 2.75) is 26.4 Å². The number of carbonyl (C=O) groups is 1. The Morgan fingerprint density at radius 3 is 2.69 bits per heavy atom. The third kappa shape index (κ3) is 1.93. The lowest BCUT2D eigenvalue weighted by Crippen LogP contribution is -2.30. The molecule has 3 nitrogen and oxygen atoms in total. The fourth-order valence-electron chi connectivity index (χ4n) is 1.77. The van der Waals surface area contributed by atoms with Crippen molar-refractivity contribution in [1.82, 2.24) is 10.2 Å². The minimum Gasteiger partial charge on any atom is -0.351 e. The lowest BCUT2D eigenvalue weighted by atomic mass is 10.1. The van der Waals surface area contributed by atoms with Crippen LogP contribution in [0.1, 0.15) is 18.1 Å². The van der Waals surface area contributed by atoms with Crippen molar-refractivity contribution in [2.24, 2.45) is 0 Å². The normalized spacial score (nSPS) is 20.1. The summed E-state index contributed by atoms with van der Waals surface area (Å²) in [5, 5.41) is 3.49. The predicted octanol–water partition coefficient (Wildman–Crippen LogP) is 1.60. The molecule has 84 valence electrons. The highest BCUT2D eigenvalue weighted by Gasteiger charge is 2.31. The van der Waals surface area contributed by atoms with E-state index in [4.69, 9.17) is 12.2 Å². The van der Waals surface area contributed by atoms with Crippen molar-refractivity contribution in [3.8, 4) is 0 Å². The zero-order valence-corrected chi connectivity index (χ0v) is 10.2. The van der Waals surface area contributed by atoms with Crippen molar-refractivity contribution < 1.29 is 4.79 Å². The van der Waals surface area contributed by atoms with Crippen LogP contribution in [0.2, 0.25) is 0 Å². The van der Waals surface area contributed by atoms with Crippen LogP contribution in [0.5, 0.6) is 0 Å². The van der Waals surface area contributed by atoms with Gasteiger partial charge in [-0.3, -0.25) is 9.69 Å². The van der Waals surface area contributed by atoms with Gasteiger partial charge in [-0.2, -0.15) is 0 Å². The smallest absolute Gasteiger partial charge is 0.251 e. The minimum absolute atomic E-state index is 0.0493. The highest BCUT2D eigenvalue weighted by Crippen LogP contribution is 2.14. The van der Waals surface area contributed by atoms with Crippen LogP contribution in [0, 0.1) is 6.92 Å². The molecule has 16 heavy (non-hydrogen) atoms. The minimum atomic E-state index is -0.198. The van der Waals surface area contributed by atoms with E-state index in [-0.39, 0.29) is 11.9 Å². The number of carbonyl (C=O) groups excluding carboxylic acids is 1. The standard InChI is InChI=1S/C12H14N2OS/c1-8-5-3-4-6-10(8)7-14-11(15)9(2)13-12(14)16/h3-6,9H,7H2,1-2H3,(H,13,16)/t9-/m0/s1. The first-order valence-electron chi connectivity index (χ1n) is 5.26. The molecule has 0 spiro atoms. The molecule has 2 rings (SSSR count). The van der Waals surface area contributed by atoms with Crippen LogP contribution in [0.3, 0.4) is 0 Å². The Bertz CT molecular complexity index is 444. The molecule has 0 bridgehead atoms. The monoisotopic (exact) mass is 234 g/mol. The molecule has 1 N–H and O–H groups in total. The van der Waals surface area contributed by atoms with Gasteiger partial charge < -0.3 is 5.32 Å². The Kier molecular flexibility index (Phi) is 2.92. The van der Waals surface area contributed by atoms with E-state index in [1.807, 2.05) is 38.1 Å². The van der Waals surface area contributed by atoms with Crippen LogP contribution < -0.4 is 5.32 Å². The lowest BCUT2D eigenvalue weighted by Gasteiger charge is -2.16. The van der Waals surface area contributed by atoms with E-state index >= 15 is 0 Å². The van der Waals surface area contributed by atoms with Crippen molar-refractivity contribution in [2.75, 3.05) is 0 Å². The van der Waals surface area contributed by atoms with E-state index in [2.05, 4.69) is 5.32 Å². The first kappa shape index (κ1) is 11.1. The maximum atomic E-state index is 11.8. The predicted molar refractivity (Wildman–Crippen MR) is 66.9 cm³/mol. The Balaban J connectivity index is 2.20.